The number of rotatable bonds is 10. The predicted octanol–water partition coefficient (Wildman–Crippen LogP) is 3.36. The van der Waals surface area contributed by atoms with Gasteiger partial charge in [-0.05, 0) is 29.5 Å². The lowest BCUT2D eigenvalue weighted by molar-refractivity contribution is -0.141. The van der Waals surface area contributed by atoms with Gasteiger partial charge in [0.2, 0.25) is 5.91 Å². The van der Waals surface area contributed by atoms with Gasteiger partial charge in [0.25, 0.3) is 0 Å². The highest BCUT2D eigenvalue weighted by molar-refractivity contribution is 5.81. The largest absolute Gasteiger partial charge is 0.481 e. The van der Waals surface area contributed by atoms with Gasteiger partial charge < -0.3 is 15.5 Å². The van der Waals surface area contributed by atoms with E-state index < -0.39 is 17.9 Å². The molecule has 3 N–H and O–H groups in total. The van der Waals surface area contributed by atoms with Crippen LogP contribution in [0.4, 0.5) is 0 Å². The molecule has 0 aliphatic carbocycles. The van der Waals surface area contributed by atoms with Crippen LogP contribution in [0.3, 0.4) is 0 Å². The molecular formula is C22H25NO5. The summed E-state index contributed by atoms with van der Waals surface area (Å²) in [6, 6.07) is 17.5. The van der Waals surface area contributed by atoms with Crippen molar-refractivity contribution in [2.75, 3.05) is 0 Å². The van der Waals surface area contributed by atoms with Crippen molar-refractivity contribution in [2.24, 2.45) is 5.92 Å². The molecule has 0 bridgehead atoms. The van der Waals surface area contributed by atoms with Gasteiger partial charge >= 0.3 is 11.9 Å². The van der Waals surface area contributed by atoms with E-state index in [0.29, 0.717) is 6.42 Å². The molecule has 0 unspecified atom stereocenters. The molecule has 2 aromatic rings. The fourth-order valence-electron chi connectivity index (χ4n) is 2.99. The first-order valence-corrected chi connectivity index (χ1v) is 9.23. The third-order valence-electron chi connectivity index (χ3n) is 4.53. The van der Waals surface area contributed by atoms with Gasteiger partial charge in [0, 0.05) is 12.5 Å². The summed E-state index contributed by atoms with van der Waals surface area (Å²) in [6.07, 6.45) is 0.374. The summed E-state index contributed by atoms with van der Waals surface area (Å²) in [7, 11) is 0. The minimum absolute atomic E-state index is 0.125. The molecule has 0 aromatic heterocycles. The van der Waals surface area contributed by atoms with Gasteiger partial charge in [0.15, 0.2) is 0 Å². The van der Waals surface area contributed by atoms with E-state index >= 15 is 0 Å². The van der Waals surface area contributed by atoms with Crippen LogP contribution >= 0.6 is 0 Å². The quantitative estimate of drug-likeness (QED) is 0.584. The van der Waals surface area contributed by atoms with E-state index in [0.717, 1.165) is 16.7 Å². The molecule has 28 heavy (non-hydrogen) atoms. The number of hydrogen-bond acceptors (Lipinski definition) is 3. The monoisotopic (exact) mass is 383 g/mol. The van der Waals surface area contributed by atoms with E-state index in [1.807, 2.05) is 54.6 Å². The molecule has 2 atom stereocenters. The summed E-state index contributed by atoms with van der Waals surface area (Å²) in [6.45, 7) is 1.59. The summed E-state index contributed by atoms with van der Waals surface area (Å²) in [5, 5.41) is 20.7. The van der Waals surface area contributed by atoms with Crippen LogP contribution in [-0.4, -0.2) is 34.1 Å². The van der Waals surface area contributed by atoms with Crippen molar-refractivity contribution in [3.05, 3.63) is 60.2 Å². The lowest BCUT2D eigenvalue weighted by Crippen LogP contribution is -2.38. The fraction of sp³-hybridized carbons (Fsp3) is 0.318. The van der Waals surface area contributed by atoms with E-state index in [1.54, 1.807) is 6.92 Å². The van der Waals surface area contributed by atoms with Crippen molar-refractivity contribution in [1.82, 2.24) is 5.32 Å². The molecule has 6 nitrogen and oxygen atoms in total. The molecule has 2 aromatic carbocycles. The van der Waals surface area contributed by atoms with Crippen molar-refractivity contribution >= 4 is 17.8 Å². The summed E-state index contributed by atoms with van der Waals surface area (Å²) < 4.78 is 0. The number of aliphatic carboxylic acids is 2. The van der Waals surface area contributed by atoms with Crippen LogP contribution in [0.2, 0.25) is 0 Å². The number of amides is 1. The Labute approximate surface area is 164 Å². The summed E-state index contributed by atoms with van der Waals surface area (Å²) in [5.41, 5.74) is 3.15. The van der Waals surface area contributed by atoms with Crippen molar-refractivity contribution < 1.29 is 24.6 Å². The van der Waals surface area contributed by atoms with Crippen molar-refractivity contribution in [1.29, 1.82) is 0 Å². The van der Waals surface area contributed by atoms with Gasteiger partial charge in [-0.2, -0.15) is 0 Å². The average Bonchev–Trinajstić information content (AvgIpc) is 2.67. The van der Waals surface area contributed by atoms with Crippen LogP contribution < -0.4 is 5.32 Å². The normalized spacial score (nSPS) is 12.8. The Morgan fingerprint density at radius 3 is 2.07 bits per heavy atom. The SMILES string of the molecule is C[C@@H](C[C@H](Cc1ccc(-c2ccccc2)cc1)NC(=O)CCC(=O)O)C(=O)O. The maximum absolute atomic E-state index is 12.0. The van der Waals surface area contributed by atoms with Gasteiger partial charge in [-0.1, -0.05) is 61.5 Å². The van der Waals surface area contributed by atoms with E-state index in [9.17, 15) is 19.5 Å². The second-order valence-electron chi connectivity index (χ2n) is 6.90. The molecule has 0 heterocycles. The number of benzene rings is 2. The smallest absolute Gasteiger partial charge is 0.306 e. The standard InChI is InChI=1S/C22H25NO5/c1-15(22(27)28)13-19(23-20(24)11-12-21(25)26)14-16-7-9-18(10-8-16)17-5-3-2-4-6-17/h2-10,15,19H,11-14H2,1H3,(H,23,24)(H,25,26)(H,27,28)/t15-,19+/m0/s1. The van der Waals surface area contributed by atoms with Gasteiger partial charge in [-0.15, -0.1) is 0 Å². The number of nitrogens with one attached hydrogen (secondary N) is 1. The zero-order chi connectivity index (χ0) is 20.5. The van der Waals surface area contributed by atoms with E-state index in [-0.39, 0.29) is 31.2 Å². The van der Waals surface area contributed by atoms with E-state index in [4.69, 9.17) is 5.11 Å². The maximum atomic E-state index is 12.0. The molecule has 6 heteroatoms. The molecule has 1 amide bonds. The Balaban J connectivity index is 2.06. The first-order chi connectivity index (χ1) is 13.3. The third kappa shape index (κ3) is 6.87. The zero-order valence-electron chi connectivity index (χ0n) is 15.8. The lowest BCUT2D eigenvalue weighted by Gasteiger charge is -2.21. The third-order valence-corrected chi connectivity index (χ3v) is 4.53. The first kappa shape index (κ1) is 21.2. The van der Waals surface area contributed by atoms with Crippen LogP contribution in [0.15, 0.2) is 54.6 Å². The number of carbonyl (C=O) groups excluding carboxylic acids is 1. The highest BCUT2D eigenvalue weighted by Gasteiger charge is 2.20. The highest BCUT2D eigenvalue weighted by atomic mass is 16.4. The van der Waals surface area contributed by atoms with Crippen LogP contribution in [-0.2, 0) is 20.8 Å². The molecule has 0 saturated carbocycles. The molecule has 2 rings (SSSR count). The Morgan fingerprint density at radius 2 is 1.50 bits per heavy atom. The zero-order valence-corrected chi connectivity index (χ0v) is 15.8. The van der Waals surface area contributed by atoms with Crippen LogP contribution in [0.25, 0.3) is 11.1 Å². The van der Waals surface area contributed by atoms with Gasteiger partial charge in [-0.3, -0.25) is 14.4 Å². The van der Waals surface area contributed by atoms with E-state index in [2.05, 4.69) is 5.32 Å². The van der Waals surface area contributed by atoms with E-state index in [1.165, 1.54) is 0 Å². The molecule has 0 aliphatic heterocycles. The van der Waals surface area contributed by atoms with Crippen LogP contribution in [0.1, 0.15) is 31.7 Å². The topological polar surface area (TPSA) is 104 Å². The Kier molecular flexibility index (Phi) is 7.75. The van der Waals surface area contributed by atoms with Crippen molar-refractivity contribution in [2.45, 2.75) is 38.6 Å². The Morgan fingerprint density at radius 1 is 0.893 bits per heavy atom. The van der Waals surface area contributed by atoms with Crippen LogP contribution in [0.5, 0.6) is 0 Å². The summed E-state index contributed by atoms with van der Waals surface area (Å²) in [5.74, 6) is -2.97. The fourth-order valence-corrected chi connectivity index (χ4v) is 2.99. The number of carbonyl (C=O) groups is 3. The molecule has 0 spiro atoms. The van der Waals surface area contributed by atoms with Gasteiger partial charge in [0.1, 0.15) is 0 Å². The molecule has 148 valence electrons. The molecular weight excluding hydrogens is 358 g/mol. The average molecular weight is 383 g/mol. The molecule has 0 radical (unpaired) electrons. The second-order valence-corrected chi connectivity index (χ2v) is 6.90. The van der Waals surface area contributed by atoms with Crippen molar-refractivity contribution in [3.63, 3.8) is 0 Å². The minimum atomic E-state index is -1.04. The van der Waals surface area contributed by atoms with Gasteiger partial charge in [-0.25, -0.2) is 0 Å². The van der Waals surface area contributed by atoms with Crippen molar-refractivity contribution in [3.8, 4) is 11.1 Å². The number of carboxylic acid groups (broad SMARTS) is 2. The molecule has 0 saturated heterocycles. The van der Waals surface area contributed by atoms with Crippen LogP contribution in [0, 0.1) is 5.92 Å². The summed E-state index contributed by atoms with van der Waals surface area (Å²) in [4.78, 5) is 33.9. The first-order valence-electron chi connectivity index (χ1n) is 9.23. The Hall–Kier alpha value is -3.15. The minimum Gasteiger partial charge on any atom is -0.481 e. The number of carboxylic acids is 2. The molecule has 0 aliphatic rings. The summed E-state index contributed by atoms with van der Waals surface area (Å²) >= 11 is 0. The van der Waals surface area contributed by atoms with Gasteiger partial charge in [0.05, 0.1) is 12.3 Å². The maximum Gasteiger partial charge on any atom is 0.306 e. The second kappa shape index (κ2) is 10.3. The molecule has 0 fully saturated rings. The highest BCUT2D eigenvalue weighted by Crippen LogP contribution is 2.20. The predicted molar refractivity (Wildman–Crippen MR) is 106 cm³/mol. The number of hydrogen-bond donors (Lipinski definition) is 3. The lowest BCUT2D eigenvalue weighted by atomic mass is 9.95. The Bertz CT molecular complexity index is 801.